The summed E-state index contributed by atoms with van der Waals surface area (Å²) in [6.45, 7) is 3.46. The van der Waals surface area contributed by atoms with Crippen molar-refractivity contribution in [1.82, 2.24) is 0 Å². The van der Waals surface area contributed by atoms with Crippen molar-refractivity contribution in [2.75, 3.05) is 0 Å². The van der Waals surface area contributed by atoms with Crippen LogP contribution in [0.5, 0.6) is 5.75 Å². The van der Waals surface area contributed by atoms with E-state index in [9.17, 15) is 14.7 Å². The molecule has 0 amide bonds. The highest BCUT2D eigenvalue weighted by molar-refractivity contribution is 5.97. The molecule has 0 radical (unpaired) electrons. The van der Waals surface area contributed by atoms with Gasteiger partial charge in [0.2, 0.25) is 0 Å². The van der Waals surface area contributed by atoms with Crippen LogP contribution >= 0.6 is 0 Å². The zero-order chi connectivity index (χ0) is 14.7. The van der Waals surface area contributed by atoms with Crippen LogP contribution in [0.3, 0.4) is 0 Å². The lowest BCUT2D eigenvalue weighted by Gasteiger charge is -2.07. The third-order valence-corrected chi connectivity index (χ3v) is 3.35. The highest BCUT2D eigenvalue weighted by Gasteiger charge is 2.13. The van der Waals surface area contributed by atoms with Crippen LogP contribution in [0, 0.1) is 0 Å². The van der Waals surface area contributed by atoms with Gasteiger partial charge in [-0.05, 0) is 37.5 Å². The van der Waals surface area contributed by atoms with Crippen molar-refractivity contribution in [2.24, 2.45) is 0 Å². The average molecular weight is 274 g/mol. The summed E-state index contributed by atoms with van der Waals surface area (Å²) in [5.74, 6) is -0.240. The number of carbonyl (C=O) groups is 1. The van der Waals surface area contributed by atoms with Crippen LogP contribution in [-0.4, -0.2) is 10.9 Å². The van der Waals surface area contributed by atoms with Gasteiger partial charge in [0.15, 0.2) is 5.78 Å². The molecule has 1 heterocycles. The number of benzene rings is 1. The molecule has 1 aromatic heterocycles. The van der Waals surface area contributed by atoms with Gasteiger partial charge in [-0.25, -0.2) is 4.79 Å². The lowest BCUT2D eigenvalue weighted by Crippen LogP contribution is -2.11. The highest BCUT2D eigenvalue weighted by atomic mass is 16.4. The average Bonchev–Trinajstić information content (AvgIpc) is 2.37. The summed E-state index contributed by atoms with van der Waals surface area (Å²) in [7, 11) is 0. The predicted octanol–water partition coefficient (Wildman–Crippen LogP) is 3.43. The van der Waals surface area contributed by atoms with Gasteiger partial charge in [-0.3, -0.25) is 4.79 Å². The number of aryl methyl sites for hydroxylation is 1. The molecule has 2 rings (SSSR count). The first-order valence-corrected chi connectivity index (χ1v) is 6.83. The molecule has 0 aliphatic carbocycles. The summed E-state index contributed by atoms with van der Waals surface area (Å²) in [5.41, 5.74) is 0.626. The van der Waals surface area contributed by atoms with E-state index in [1.165, 1.54) is 13.0 Å². The maximum Gasteiger partial charge on any atom is 0.347 e. The molecule has 0 unspecified atom stereocenters. The Bertz CT molecular complexity index is 697. The van der Waals surface area contributed by atoms with Crippen LogP contribution in [0.1, 0.15) is 49.0 Å². The van der Waals surface area contributed by atoms with E-state index in [0.717, 1.165) is 36.6 Å². The van der Waals surface area contributed by atoms with Crippen LogP contribution < -0.4 is 5.63 Å². The second-order valence-corrected chi connectivity index (χ2v) is 4.98. The van der Waals surface area contributed by atoms with E-state index in [2.05, 4.69) is 6.92 Å². The van der Waals surface area contributed by atoms with Gasteiger partial charge in [-0.15, -0.1) is 0 Å². The number of phenols is 1. The number of fused-ring (bicyclic) bond motifs is 1. The number of aromatic hydroxyl groups is 1. The molecule has 1 aromatic carbocycles. The Morgan fingerprint density at radius 2 is 2.00 bits per heavy atom. The summed E-state index contributed by atoms with van der Waals surface area (Å²) >= 11 is 0. The standard InChI is InChI=1S/C16H18O4/c1-3-4-5-6-11-7-12(18)8-15-14(11)9-13(10(2)17)16(19)20-15/h7-9,18H,3-6H2,1-2H3. The third-order valence-electron chi connectivity index (χ3n) is 3.35. The lowest BCUT2D eigenvalue weighted by molar-refractivity contribution is 0.101. The zero-order valence-corrected chi connectivity index (χ0v) is 11.7. The van der Waals surface area contributed by atoms with E-state index >= 15 is 0 Å². The minimum absolute atomic E-state index is 0.0555. The number of hydrogen-bond donors (Lipinski definition) is 1. The number of unbranched alkanes of at least 4 members (excludes halogenated alkanes) is 2. The number of phenolic OH excluding ortho intramolecular Hbond substituents is 1. The van der Waals surface area contributed by atoms with Crippen LogP contribution in [-0.2, 0) is 6.42 Å². The maximum absolute atomic E-state index is 11.7. The Balaban J connectivity index is 2.57. The van der Waals surface area contributed by atoms with Gasteiger partial charge in [0.1, 0.15) is 16.9 Å². The highest BCUT2D eigenvalue weighted by Crippen LogP contribution is 2.26. The SMILES string of the molecule is CCCCCc1cc(O)cc2oc(=O)c(C(C)=O)cc12. The summed E-state index contributed by atoms with van der Waals surface area (Å²) in [4.78, 5) is 23.1. The monoisotopic (exact) mass is 274 g/mol. The molecule has 20 heavy (non-hydrogen) atoms. The first-order valence-electron chi connectivity index (χ1n) is 6.83. The molecular weight excluding hydrogens is 256 g/mol. The Kier molecular flexibility index (Phi) is 4.23. The van der Waals surface area contributed by atoms with Crippen LogP contribution in [0.4, 0.5) is 0 Å². The van der Waals surface area contributed by atoms with Gasteiger partial charge < -0.3 is 9.52 Å². The van der Waals surface area contributed by atoms with Crippen LogP contribution in [0.15, 0.2) is 27.4 Å². The minimum Gasteiger partial charge on any atom is -0.508 e. The van der Waals surface area contributed by atoms with Crippen molar-refractivity contribution in [3.05, 3.63) is 39.7 Å². The number of Topliss-reactive ketones (excluding diaryl/α,β-unsaturated/α-hetero) is 1. The van der Waals surface area contributed by atoms with Crippen molar-refractivity contribution in [2.45, 2.75) is 39.5 Å². The first kappa shape index (κ1) is 14.3. The van der Waals surface area contributed by atoms with E-state index in [1.807, 2.05) is 0 Å². The quantitative estimate of drug-likeness (QED) is 0.515. The fourth-order valence-corrected chi connectivity index (χ4v) is 2.29. The van der Waals surface area contributed by atoms with E-state index in [0.29, 0.717) is 5.58 Å². The van der Waals surface area contributed by atoms with Crippen molar-refractivity contribution in [1.29, 1.82) is 0 Å². The van der Waals surface area contributed by atoms with Gasteiger partial charge in [0.05, 0.1) is 0 Å². The van der Waals surface area contributed by atoms with E-state index in [-0.39, 0.29) is 17.1 Å². The number of ketones is 1. The largest absolute Gasteiger partial charge is 0.508 e. The molecule has 0 bridgehead atoms. The first-order chi connectivity index (χ1) is 9.52. The number of rotatable bonds is 5. The van der Waals surface area contributed by atoms with E-state index < -0.39 is 5.63 Å². The Morgan fingerprint density at radius 1 is 1.25 bits per heavy atom. The lowest BCUT2D eigenvalue weighted by atomic mass is 10.0. The normalized spacial score (nSPS) is 10.9. The summed E-state index contributed by atoms with van der Waals surface area (Å²) in [5, 5.41) is 10.4. The zero-order valence-electron chi connectivity index (χ0n) is 11.7. The van der Waals surface area contributed by atoms with Gasteiger partial charge >= 0.3 is 5.63 Å². The molecule has 0 aliphatic heterocycles. The molecule has 1 N–H and O–H groups in total. The fourth-order valence-electron chi connectivity index (χ4n) is 2.29. The predicted molar refractivity (Wildman–Crippen MR) is 77.4 cm³/mol. The van der Waals surface area contributed by atoms with Crippen molar-refractivity contribution < 1.29 is 14.3 Å². The van der Waals surface area contributed by atoms with Gasteiger partial charge in [-0.2, -0.15) is 0 Å². The molecule has 0 saturated heterocycles. The third kappa shape index (κ3) is 2.90. The van der Waals surface area contributed by atoms with Crippen LogP contribution in [0.25, 0.3) is 11.0 Å². The number of carbonyl (C=O) groups excluding carboxylic acids is 1. The van der Waals surface area contributed by atoms with Crippen molar-refractivity contribution in [3.8, 4) is 5.75 Å². The molecular formula is C16H18O4. The molecule has 0 spiro atoms. The van der Waals surface area contributed by atoms with Gasteiger partial charge in [0, 0.05) is 11.5 Å². The second-order valence-electron chi connectivity index (χ2n) is 4.98. The van der Waals surface area contributed by atoms with E-state index in [1.54, 1.807) is 12.1 Å². The van der Waals surface area contributed by atoms with Crippen molar-refractivity contribution >= 4 is 16.8 Å². The Labute approximate surface area is 117 Å². The summed E-state index contributed by atoms with van der Waals surface area (Å²) < 4.78 is 5.15. The van der Waals surface area contributed by atoms with E-state index in [4.69, 9.17) is 4.42 Å². The minimum atomic E-state index is -0.657. The second kappa shape index (κ2) is 5.90. The number of hydrogen-bond acceptors (Lipinski definition) is 4. The molecule has 0 atom stereocenters. The molecule has 106 valence electrons. The molecule has 0 saturated carbocycles. The molecule has 4 heteroatoms. The van der Waals surface area contributed by atoms with Crippen LogP contribution in [0.2, 0.25) is 0 Å². The molecule has 2 aromatic rings. The molecule has 0 aliphatic rings. The smallest absolute Gasteiger partial charge is 0.347 e. The summed E-state index contributed by atoms with van der Waals surface area (Å²) in [6.07, 6.45) is 3.96. The summed E-state index contributed by atoms with van der Waals surface area (Å²) in [6, 6.07) is 4.65. The van der Waals surface area contributed by atoms with Crippen molar-refractivity contribution in [3.63, 3.8) is 0 Å². The topological polar surface area (TPSA) is 67.5 Å². The Hall–Kier alpha value is -2.10. The molecule has 0 fully saturated rings. The fraction of sp³-hybridized carbons (Fsp3) is 0.375. The maximum atomic E-state index is 11.7. The molecule has 4 nitrogen and oxygen atoms in total. The Morgan fingerprint density at radius 3 is 2.65 bits per heavy atom. The van der Waals surface area contributed by atoms with Gasteiger partial charge in [-0.1, -0.05) is 19.8 Å². The van der Waals surface area contributed by atoms with Gasteiger partial charge in [0.25, 0.3) is 0 Å².